The van der Waals surface area contributed by atoms with Gasteiger partial charge in [-0.1, -0.05) is 25.4 Å². The molecule has 1 heterocycles. The third-order valence-corrected chi connectivity index (χ3v) is 3.73. The van der Waals surface area contributed by atoms with Gasteiger partial charge in [0.15, 0.2) is 0 Å². The van der Waals surface area contributed by atoms with Crippen LogP contribution >= 0.6 is 22.9 Å². The fourth-order valence-corrected chi connectivity index (χ4v) is 2.88. The number of aliphatic carboxylic acids is 1. The molecule has 0 aliphatic heterocycles. The van der Waals surface area contributed by atoms with Crippen molar-refractivity contribution in [1.29, 1.82) is 0 Å². The van der Waals surface area contributed by atoms with Crippen LogP contribution in [0.5, 0.6) is 0 Å². The Labute approximate surface area is 107 Å². The fourth-order valence-electron chi connectivity index (χ4n) is 1.71. The Bertz CT molecular complexity index is 415. The summed E-state index contributed by atoms with van der Waals surface area (Å²) in [7, 11) is 0. The predicted molar refractivity (Wildman–Crippen MR) is 63.9 cm³/mol. The third kappa shape index (κ3) is 3.92. The van der Waals surface area contributed by atoms with Gasteiger partial charge in [-0.3, -0.25) is 4.79 Å². The Balaban J connectivity index is 2.86. The van der Waals surface area contributed by atoms with Crippen LogP contribution in [0.25, 0.3) is 0 Å². The highest BCUT2D eigenvalue weighted by molar-refractivity contribution is 7.10. The van der Waals surface area contributed by atoms with E-state index in [4.69, 9.17) is 16.7 Å². The van der Waals surface area contributed by atoms with E-state index in [-0.39, 0.29) is 16.3 Å². The van der Waals surface area contributed by atoms with Crippen molar-refractivity contribution < 1.29 is 18.7 Å². The largest absolute Gasteiger partial charge is 0.481 e. The van der Waals surface area contributed by atoms with Crippen LogP contribution in [0, 0.1) is 5.41 Å². The highest BCUT2D eigenvalue weighted by Gasteiger charge is 2.41. The summed E-state index contributed by atoms with van der Waals surface area (Å²) in [5, 5.41) is 10.2. The summed E-state index contributed by atoms with van der Waals surface area (Å²) in [6.07, 6.45) is -0.835. The van der Waals surface area contributed by atoms with Crippen LogP contribution in [0.2, 0.25) is 5.02 Å². The van der Waals surface area contributed by atoms with Crippen molar-refractivity contribution in [3.05, 3.63) is 21.3 Å². The first-order chi connectivity index (χ1) is 7.64. The first-order valence-electron chi connectivity index (χ1n) is 4.97. The molecule has 6 heteroatoms. The Morgan fingerprint density at radius 2 is 2.12 bits per heavy atom. The van der Waals surface area contributed by atoms with Crippen molar-refractivity contribution in [2.24, 2.45) is 5.41 Å². The van der Waals surface area contributed by atoms with Crippen molar-refractivity contribution in [1.82, 2.24) is 0 Å². The molecule has 0 amide bonds. The summed E-state index contributed by atoms with van der Waals surface area (Å²) >= 11 is 6.56. The molecule has 1 aromatic heterocycles. The van der Waals surface area contributed by atoms with E-state index in [1.807, 2.05) is 0 Å². The van der Waals surface area contributed by atoms with Gasteiger partial charge in [0.05, 0.1) is 16.3 Å². The topological polar surface area (TPSA) is 37.3 Å². The number of carboxylic acids is 1. The summed E-state index contributed by atoms with van der Waals surface area (Å²) in [4.78, 5) is 10.4. The predicted octanol–water partition coefficient (Wildman–Crippen LogP) is 4.38. The Morgan fingerprint density at radius 1 is 1.53 bits per heavy atom. The normalized spacial score (nSPS) is 12.8. The van der Waals surface area contributed by atoms with Crippen molar-refractivity contribution in [3.63, 3.8) is 0 Å². The lowest BCUT2D eigenvalue weighted by atomic mass is 9.82. The molecular weight excluding hydrogens is 270 g/mol. The fraction of sp³-hybridized carbons (Fsp3) is 0.545. The van der Waals surface area contributed by atoms with E-state index in [0.29, 0.717) is 0 Å². The molecule has 1 N–H and O–H groups in total. The van der Waals surface area contributed by atoms with Crippen LogP contribution in [-0.4, -0.2) is 11.1 Å². The molecule has 96 valence electrons. The van der Waals surface area contributed by atoms with Gasteiger partial charge in [-0.2, -0.15) is 0 Å². The molecule has 0 fully saturated rings. The van der Waals surface area contributed by atoms with Crippen LogP contribution < -0.4 is 0 Å². The molecule has 17 heavy (non-hydrogen) atoms. The van der Waals surface area contributed by atoms with Crippen LogP contribution in [0.3, 0.4) is 0 Å². The van der Waals surface area contributed by atoms with E-state index in [9.17, 15) is 13.6 Å². The first-order valence-corrected chi connectivity index (χ1v) is 6.23. The summed E-state index contributed by atoms with van der Waals surface area (Å²) < 4.78 is 27.9. The molecule has 0 bridgehead atoms. The SMILES string of the molecule is CC(C)(CC(=O)O)CC(F)(F)c1sccc1Cl. The number of halogens is 3. The lowest BCUT2D eigenvalue weighted by molar-refractivity contribution is -0.140. The molecule has 0 saturated heterocycles. The minimum Gasteiger partial charge on any atom is -0.481 e. The van der Waals surface area contributed by atoms with Gasteiger partial charge in [0.2, 0.25) is 0 Å². The quantitative estimate of drug-likeness (QED) is 0.870. The molecule has 0 aliphatic carbocycles. The molecule has 0 radical (unpaired) electrons. The average molecular weight is 283 g/mol. The minimum absolute atomic E-state index is 0.0334. The summed E-state index contributed by atoms with van der Waals surface area (Å²) in [5.74, 6) is -4.17. The molecule has 1 aromatic rings. The number of carbonyl (C=O) groups is 1. The van der Waals surface area contributed by atoms with Crippen molar-refractivity contribution in [3.8, 4) is 0 Å². The van der Waals surface area contributed by atoms with Gasteiger partial charge in [0, 0.05) is 6.42 Å². The van der Waals surface area contributed by atoms with E-state index in [1.165, 1.54) is 25.3 Å². The van der Waals surface area contributed by atoms with Crippen LogP contribution in [0.1, 0.15) is 31.6 Å². The van der Waals surface area contributed by atoms with Crippen molar-refractivity contribution in [2.45, 2.75) is 32.6 Å². The maximum atomic E-state index is 13.9. The van der Waals surface area contributed by atoms with Crippen LogP contribution in [0.4, 0.5) is 8.78 Å². The maximum absolute atomic E-state index is 13.9. The second-order valence-electron chi connectivity index (χ2n) is 4.71. The number of hydrogen-bond acceptors (Lipinski definition) is 2. The van der Waals surface area contributed by atoms with Gasteiger partial charge < -0.3 is 5.11 Å². The molecule has 2 nitrogen and oxygen atoms in total. The maximum Gasteiger partial charge on any atom is 0.303 e. The zero-order chi connectivity index (χ0) is 13.3. The lowest BCUT2D eigenvalue weighted by Crippen LogP contribution is -2.26. The van der Waals surface area contributed by atoms with Gasteiger partial charge >= 0.3 is 5.97 Å². The van der Waals surface area contributed by atoms with Crippen molar-refractivity contribution >= 4 is 28.9 Å². The minimum atomic E-state index is -3.09. The van der Waals surface area contributed by atoms with Gasteiger partial charge in [0.25, 0.3) is 5.92 Å². The molecule has 0 atom stereocenters. The number of alkyl halides is 2. The lowest BCUT2D eigenvalue weighted by Gasteiger charge is -2.27. The van der Waals surface area contributed by atoms with E-state index in [0.717, 1.165) is 11.3 Å². The summed E-state index contributed by atoms with van der Waals surface area (Å²) in [5.41, 5.74) is -0.983. The van der Waals surface area contributed by atoms with Crippen LogP contribution in [-0.2, 0) is 10.7 Å². The molecule has 0 spiro atoms. The number of hydrogen-bond donors (Lipinski definition) is 1. The first kappa shape index (κ1) is 14.4. The van der Waals surface area contributed by atoms with E-state index < -0.39 is 23.7 Å². The molecule has 0 aliphatic rings. The van der Waals surface area contributed by atoms with E-state index in [1.54, 1.807) is 0 Å². The molecule has 1 rings (SSSR count). The average Bonchev–Trinajstić information content (AvgIpc) is 2.46. The third-order valence-electron chi connectivity index (χ3n) is 2.28. The number of carboxylic acid groups (broad SMARTS) is 1. The Hall–Kier alpha value is -0.680. The van der Waals surface area contributed by atoms with E-state index >= 15 is 0 Å². The second-order valence-corrected chi connectivity index (χ2v) is 6.04. The highest BCUT2D eigenvalue weighted by atomic mass is 35.5. The molecule has 0 saturated carbocycles. The Kier molecular flexibility index (Phi) is 4.15. The highest BCUT2D eigenvalue weighted by Crippen LogP contribution is 2.45. The summed E-state index contributed by atoms with van der Waals surface area (Å²) in [6, 6.07) is 1.42. The smallest absolute Gasteiger partial charge is 0.303 e. The van der Waals surface area contributed by atoms with Gasteiger partial charge in [-0.15, -0.1) is 11.3 Å². The second kappa shape index (κ2) is 4.90. The Morgan fingerprint density at radius 3 is 2.53 bits per heavy atom. The van der Waals surface area contributed by atoms with Crippen molar-refractivity contribution in [2.75, 3.05) is 0 Å². The standard InChI is InChI=1S/C11H13ClF2O2S/c1-10(2,5-8(15)16)6-11(13,14)9-7(12)3-4-17-9/h3-4H,5-6H2,1-2H3,(H,15,16). The molecular formula is C11H13ClF2O2S. The van der Waals surface area contributed by atoms with Gasteiger partial charge in [-0.25, -0.2) is 8.78 Å². The molecule has 0 unspecified atom stereocenters. The number of thiophene rings is 1. The zero-order valence-corrected chi connectivity index (χ0v) is 11.0. The van der Waals surface area contributed by atoms with Gasteiger partial charge in [-0.05, 0) is 16.9 Å². The van der Waals surface area contributed by atoms with Gasteiger partial charge in [0.1, 0.15) is 0 Å². The number of rotatable bonds is 5. The summed E-state index contributed by atoms with van der Waals surface area (Å²) in [6.45, 7) is 3.02. The van der Waals surface area contributed by atoms with Crippen LogP contribution in [0.15, 0.2) is 11.4 Å². The monoisotopic (exact) mass is 282 g/mol. The molecule has 0 aromatic carbocycles. The zero-order valence-electron chi connectivity index (χ0n) is 9.47. The van der Waals surface area contributed by atoms with E-state index in [2.05, 4.69) is 0 Å².